The van der Waals surface area contributed by atoms with E-state index in [4.69, 9.17) is 13.9 Å². The molecule has 3 N–H and O–H groups in total. The number of anilines is 3. The minimum Gasteiger partial charge on any atom is -0.492 e. The zero-order valence-electron chi connectivity index (χ0n) is 20.2. The number of ether oxygens (including phenoxy) is 2. The second-order valence-corrected chi connectivity index (χ2v) is 8.59. The molecule has 1 aliphatic rings. The van der Waals surface area contributed by atoms with Gasteiger partial charge in [0.2, 0.25) is 0 Å². The number of rotatable bonds is 9. The molecular formula is C27H28FN5O4. The number of halogens is 1. The second kappa shape index (κ2) is 11.7. The molecule has 2 heterocycles. The van der Waals surface area contributed by atoms with Crippen molar-refractivity contribution in [3.63, 3.8) is 0 Å². The molecule has 0 bridgehead atoms. The Hall–Kier alpha value is -4.15. The topological polar surface area (TPSA) is 101 Å². The molecule has 1 aromatic heterocycles. The number of carbonyl (C=O) groups excluding carboxylic acids is 1. The normalized spacial score (nSPS) is 13.9. The summed E-state index contributed by atoms with van der Waals surface area (Å²) in [5.41, 5.74) is 3.36. The van der Waals surface area contributed by atoms with Crippen LogP contribution in [0.25, 0.3) is 11.1 Å². The summed E-state index contributed by atoms with van der Waals surface area (Å²) in [5.74, 6) is 0.329. The van der Waals surface area contributed by atoms with Crippen LogP contribution in [-0.4, -0.2) is 55.4 Å². The first-order valence-electron chi connectivity index (χ1n) is 12.1. The summed E-state index contributed by atoms with van der Waals surface area (Å²) in [4.78, 5) is 18.9. The molecule has 9 nitrogen and oxygen atoms in total. The van der Waals surface area contributed by atoms with Gasteiger partial charge in [0.25, 0.3) is 6.01 Å². The van der Waals surface area contributed by atoms with E-state index >= 15 is 0 Å². The maximum Gasteiger partial charge on any atom is 0.323 e. The first-order valence-corrected chi connectivity index (χ1v) is 12.1. The molecule has 0 atom stereocenters. The van der Waals surface area contributed by atoms with Crippen LogP contribution in [-0.2, 0) is 11.3 Å². The van der Waals surface area contributed by atoms with Gasteiger partial charge in [-0.2, -0.15) is 4.98 Å². The number of fused-ring (bicyclic) bond motifs is 1. The number of aromatic nitrogens is 1. The molecule has 10 heteroatoms. The van der Waals surface area contributed by atoms with Gasteiger partial charge in [0.1, 0.15) is 23.7 Å². The number of benzene rings is 3. The highest BCUT2D eigenvalue weighted by molar-refractivity contribution is 5.99. The van der Waals surface area contributed by atoms with Gasteiger partial charge >= 0.3 is 6.03 Å². The largest absolute Gasteiger partial charge is 0.492 e. The molecule has 1 aliphatic heterocycles. The van der Waals surface area contributed by atoms with E-state index in [1.165, 1.54) is 18.2 Å². The quantitative estimate of drug-likeness (QED) is 0.296. The Morgan fingerprint density at radius 3 is 2.62 bits per heavy atom. The lowest BCUT2D eigenvalue weighted by Gasteiger charge is -2.26. The number of nitrogens with one attached hydrogen (secondary N) is 3. The minimum atomic E-state index is -0.451. The van der Waals surface area contributed by atoms with Crippen LogP contribution >= 0.6 is 0 Å². The molecule has 37 heavy (non-hydrogen) atoms. The fourth-order valence-electron chi connectivity index (χ4n) is 3.93. The van der Waals surface area contributed by atoms with Gasteiger partial charge in [0.05, 0.1) is 13.2 Å². The third-order valence-electron chi connectivity index (χ3n) is 5.88. The molecule has 4 aromatic rings. The van der Waals surface area contributed by atoms with Crippen molar-refractivity contribution >= 4 is 34.5 Å². The molecule has 0 radical (unpaired) electrons. The van der Waals surface area contributed by atoms with Gasteiger partial charge in [-0.25, -0.2) is 9.18 Å². The van der Waals surface area contributed by atoms with Crippen LogP contribution in [0.3, 0.4) is 0 Å². The van der Waals surface area contributed by atoms with Crippen molar-refractivity contribution in [3.8, 4) is 5.75 Å². The van der Waals surface area contributed by atoms with Gasteiger partial charge in [0.15, 0.2) is 5.58 Å². The summed E-state index contributed by atoms with van der Waals surface area (Å²) >= 11 is 0. The van der Waals surface area contributed by atoms with Crippen LogP contribution in [0.2, 0.25) is 0 Å². The maximum absolute atomic E-state index is 13.3. The predicted octanol–water partition coefficient (Wildman–Crippen LogP) is 4.93. The molecule has 2 amide bonds. The van der Waals surface area contributed by atoms with Crippen molar-refractivity contribution in [2.24, 2.45) is 0 Å². The minimum absolute atomic E-state index is 0.378. The van der Waals surface area contributed by atoms with E-state index in [1.54, 1.807) is 18.2 Å². The fourth-order valence-corrected chi connectivity index (χ4v) is 3.93. The number of urea groups is 1. The highest BCUT2D eigenvalue weighted by atomic mass is 19.1. The highest BCUT2D eigenvalue weighted by Gasteiger charge is 2.11. The summed E-state index contributed by atoms with van der Waals surface area (Å²) in [6, 6.07) is 18.6. The summed E-state index contributed by atoms with van der Waals surface area (Å²) in [6.45, 7) is 5.37. The standard InChI is InChI=1S/C27H28FN5O4/c28-20-2-1-3-22(16-20)31-26(34)30-21-6-4-19(5-7-21)18-29-27-32-24-9-8-23(17-25(24)37-27)36-15-12-33-10-13-35-14-11-33/h1-9,16-17H,10-15,18H2,(H,29,32)(H2,30,31,34). The number of oxazole rings is 1. The Kier molecular flexibility index (Phi) is 7.78. The fraction of sp³-hybridized carbons (Fsp3) is 0.259. The first kappa shape index (κ1) is 24.5. The Morgan fingerprint density at radius 2 is 1.81 bits per heavy atom. The van der Waals surface area contributed by atoms with Crippen molar-refractivity contribution in [1.29, 1.82) is 0 Å². The zero-order chi connectivity index (χ0) is 25.5. The van der Waals surface area contributed by atoms with Gasteiger partial charge < -0.3 is 29.8 Å². The van der Waals surface area contributed by atoms with E-state index < -0.39 is 11.8 Å². The average molecular weight is 506 g/mol. The smallest absolute Gasteiger partial charge is 0.323 e. The van der Waals surface area contributed by atoms with E-state index in [9.17, 15) is 9.18 Å². The molecule has 0 saturated carbocycles. The molecule has 3 aromatic carbocycles. The third kappa shape index (κ3) is 6.96. The first-order chi connectivity index (χ1) is 18.1. The number of carbonyl (C=O) groups is 1. The molecule has 192 valence electrons. The zero-order valence-corrected chi connectivity index (χ0v) is 20.2. The predicted molar refractivity (Wildman–Crippen MR) is 140 cm³/mol. The summed E-state index contributed by atoms with van der Waals surface area (Å²) in [5, 5.41) is 8.50. The molecular weight excluding hydrogens is 477 g/mol. The lowest BCUT2D eigenvalue weighted by atomic mass is 10.2. The summed E-state index contributed by atoms with van der Waals surface area (Å²) < 4.78 is 30.4. The number of amides is 2. The summed E-state index contributed by atoms with van der Waals surface area (Å²) in [6.07, 6.45) is 0. The van der Waals surface area contributed by atoms with Crippen molar-refractivity contribution in [2.45, 2.75) is 6.54 Å². The number of morpholine rings is 1. The van der Waals surface area contributed by atoms with Crippen LogP contribution in [0.1, 0.15) is 5.56 Å². The Labute approximate surface area is 213 Å². The van der Waals surface area contributed by atoms with Gasteiger partial charge in [-0.15, -0.1) is 0 Å². The SMILES string of the molecule is O=C(Nc1ccc(CNc2nc3ccc(OCCN4CCOCC4)cc3o2)cc1)Nc1cccc(F)c1. The maximum atomic E-state index is 13.3. The van der Waals surface area contributed by atoms with E-state index in [0.29, 0.717) is 36.1 Å². The van der Waals surface area contributed by atoms with E-state index in [-0.39, 0.29) is 0 Å². The molecule has 0 spiro atoms. The third-order valence-corrected chi connectivity index (χ3v) is 5.88. The van der Waals surface area contributed by atoms with Crippen LogP contribution in [0, 0.1) is 5.82 Å². The van der Waals surface area contributed by atoms with Crippen LogP contribution in [0.5, 0.6) is 5.75 Å². The van der Waals surface area contributed by atoms with E-state index in [0.717, 1.165) is 49.7 Å². The number of nitrogens with zero attached hydrogens (tertiary/aromatic N) is 2. The lowest BCUT2D eigenvalue weighted by molar-refractivity contribution is 0.0322. The second-order valence-electron chi connectivity index (χ2n) is 8.59. The number of hydrogen-bond donors (Lipinski definition) is 3. The van der Waals surface area contributed by atoms with Crippen molar-refractivity contribution < 1.29 is 23.1 Å². The monoisotopic (exact) mass is 505 g/mol. The average Bonchev–Trinajstić information content (AvgIpc) is 3.31. The number of hydrogen-bond acceptors (Lipinski definition) is 7. The van der Waals surface area contributed by atoms with Gasteiger partial charge in [0, 0.05) is 43.6 Å². The molecule has 1 fully saturated rings. The summed E-state index contributed by atoms with van der Waals surface area (Å²) in [7, 11) is 0. The van der Waals surface area contributed by atoms with E-state index in [1.807, 2.05) is 30.3 Å². The Balaban J connectivity index is 1.10. The van der Waals surface area contributed by atoms with Crippen molar-refractivity contribution in [2.75, 3.05) is 55.4 Å². The lowest BCUT2D eigenvalue weighted by Crippen LogP contribution is -2.38. The van der Waals surface area contributed by atoms with Crippen LogP contribution < -0.4 is 20.7 Å². The van der Waals surface area contributed by atoms with Crippen LogP contribution in [0.15, 0.2) is 71.1 Å². The Bertz CT molecular complexity index is 1340. The van der Waals surface area contributed by atoms with Gasteiger partial charge in [-0.1, -0.05) is 18.2 Å². The van der Waals surface area contributed by atoms with E-state index in [2.05, 4.69) is 25.8 Å². The van der Waals surface area contributed by atoms with Crippen molar-refractivity contribution in [1.82, 2.24) is 9.88 Å². The van der Waals surface area contributed by atoms with Gasteiger partial charge in [-0.3, -0.25) is 4.90 Å². The molecule has 0 aliphatic carbocycles. The highest BCUT2D eigenvalue weighted by Crippen LogP contribution is 2.24. The molecule has 1 saturated heterocycles. The molecule has 5 rings (SSSR count). The van der Waals surface area contributed by atoms with Crippen molar-refractivity contribution in [3.05, 3.63) is 78.1 Å². The molecule has 0 unspecified atom stereocenters. The van der Waals surface area contributed by atoms with Gasteiger partial charge in [-0.05, 0) is 48.0 Å². The van der Waals surface area contributed by atoms with Crippen LogP contribution in [0.4, 0.5) is 26.6 Å². The Morgan fingerprint density at radius 1 is 1.00 bits per heavy atom.